The Morgan fingerprint density at radius 1 is 0.848 bits per heavy atom. The van der Waals surface area contributed by atoms with Crippen molar-refractivity contribution in [2.75, 3.05) is 11.5 Å². The van der Waals surface area contributed by atoms with Crippen LogP contribution in [0.4, 0.5) is 10.5 Å². The first-order valence-corrected chi connectivity index (χ1v) is 16.4. The van der Waals surface area contributed by atoms with E-state index >= 15 is 0 Å². The second-order valence-corrected chi connectivity index (χ2v) is 12.7. The molecule has 5 atom stereocenters. The van der Waals surface area contributed by atoms with Gasteiger partial charge in [0.1, 0.15) is 0 Å². The predicted molar refractivity (Wildman–Crippen MR) is 181 cm³/mol. The average molecular weight is 640 g/mol. The molecule has 0 radical (unpaired) electrons. The molecule has 2 amide bonds. The normalized spacial score (nSPS) is 20.1. The van der Waals surface area contributed by atoms with Crippen molar-refractivity contribution in [3.8, 4) is 0 Å². The molecule has 0 spiro atoms. The summed E-state index contributed by atoms with van der Waals surface area (Å²) in [4.78, 5) is 25.9. The van der Waals surface area contributed by atoms with Crippen molar-refractivity contribution in [1.82, 2.24) is 10.6 Å². The van der Waals surface area contributed by atoms with Crippen LogP contribution >= 0.6 is 11.8 Å². The van der Waals surface area contributed by atoms with Crippen LogP contribution in [0.3, 0.4) is 0 Å². The number of aliphatic hydroxyl groups excluding tert-OH is 1. The van der Waals surface area contributed by atoms with Crippen LogP contribution in [0, 0.1) is 5.92 Å². The van der Waals surface area contributed by atoms with Crippen LogP contribution < -0.4 is 16.4 Å². The molecule has 8 nitrogen and oxygen atoms in total. The number of nitrogens with one attached hydrogen (secondary N) is 2. The number of ketones is 1. The smallest absolute Gasteiger partial charge is 0.315 e. The highest BCUT2D eigenvalue weighted by Gasteiger charge is 2.38. The van der Waals surface area contributed by atoms with Gasteiger partial charge in [-0.25, -0.2) is 4.79 Å². The van der Waals surface area contributed by atoms with Crippen molar-refractivity contribution in [2.45, 2.75) is 62.9 Å². The van der Waals surface area contributed by atoms with Gasteiger partial charge in [-0.05, 0) is 47.7 Å². The fourth-order valence-electron chi connectivity index (χ4n) is 5.42. The van der Waals surface area contributed by atoms with Crippen molar-refractivity contribution in [1.29, 1.82) is 0 Å². The molecule has 5 unspecified atom stereocenters. The molecule has 1 saturated heterocycles. The molecule has 1 aliphatic rings. The van der Waals surface area contributed by atoms with Crippen molar-refractivity contribution < 1.29 is 24.2 Å². The van der Waals surface area contributed by atoms with Gasteiger partial charge >= 0.3 is 6.03 Å². The Kier molecular flexibility index (Phi) is 11.5. The zero-order valence-corrected chi connectivity index (χ0v) is 26.9. The van der Waals surface area contributed by atoms with Crippen LogP contribution in [-0.4, -0.2) is 34.8 Å². The summed E-state index contributed by atoms with van der Waals surface area (Å²) in [6.07, 6.45) is -0.512. The standard InChI is InChI=1S/C37H41N3O5S/c1-24-33(23-46-34-11-7-6-10-31(34)38)44-36(45-35(24)29-16-14-28(22-41)15-17-29)30-18-12-27(13-19-30)21-39-37(43)40-32(25(2)42)20-26-8-4-3-5-9-26/h3-19,24,32-33,35-36,41H,20-23,38H2,1-2H3,(H2,39,40,43). The minimum absolute atomic E-state index is 0.0152. The molecule has 1 fully saturated rings. The topological polar surface area (TPSA) is 123 Å². The summed E-state index contributed by atoms with van der Waals surface area (Å²) in [5.41, 5.74) is 11.6. The summed E-state index contributed by atoms with van der Waals surface area (Å²) in [7, 11) is 0. The Morgan fingerprint density at radius 3 is 2.17 bits per heavy atom. The number of urea groups is 1. The van der Waals surface area contributed by atoms with Crippen LogP contribution in [0.15, 0.2) is 108 Å². The van der Waals surface area contributed by atoms with Crippen LogP contribution in [0.1, 0.15) is 54.1 Å². The Labute approximate surface area is 274 Å². The summed E-state index contributed by atoms with van der Waals surface area (Å²) in [5.74, 6) is 0.649. The number of Topliss-reactive ketones (excluding diaryl/α,β-unsaturated/α-hetero) is 1. The predicted octanol–water partition coefficient (Wildman–Crippen LogP) is 6.34. The Bertz CT molecular complexity index is 1580. The summed E-state index contributed by atoms with van der Waals surface area (Å²) in [6, 6.07) is 32.1. The van der Waals surface area contributed by atoms with Crippen molar-refractivity contribution in [3.05, 3.63) is 131 Å². The fourth-order valence-corrected chi connectivity index (χ4v) is 6.56. The first-order valence-electron chi connectivity index (χ1n) is 15.5. The molecule has 5 N–H and O–H groups in total. The number of para-hydroxylation sites is 1. The van der Waals surface area contributed by atoms with Gasteiger partial charge in [0.15, 0.2) is 12.1 Å². The van der Waals surface area contributed by atoms with E-state index in [0.717, 1.165) is 38.4 Å². The molecule has 0 saturated carbocycles. The lowest BCUT2D eigenvalue weighted by Crippen LogP contribution is -2.46. The lowest BCUT2D eigenvalue weighted by Gasteiger charge is -2.41. The molecule has 46 heavy (non-hydrogen) atoms. The van der Waals surface area contributed by atoms with E-state index < -0.39 is 18.4 Å². The van der Waals surface area contributed by atoms with Crippen molar-refractivity contribution >= 4 is 29.3 Å². The third-order valence-corrected chi connectivity index (χ3v) is 9.41. The molecule has 0 bridgehead atoms. The molecule has 240 valence electrons. The number of ether oxygens (including phenoxy) is 2. The number of nitrogen functional groups attached to an aromatic ring is 1. The number of rotatable bonds is 12. The Balaban J connectivity index is 1.24. The number of aliphatic hydroxyl groups is 1. The van der Waals surface area contributed by atoms with E-state index in [2.05, 4.69) is 17.6 Å². The molecule has 9 heteroatoms. The first kappa shape index (κ1) is 33.2. The third kappa shape index (κ3) is 8.76. The average Bonchev–Trinajstić information content (AvgIpc) is 3.08. The molecule has 4 aromatic rings. The minimum atomic E-state index is -0.606. The third-order valence-electron chi connectivity index (χ3n) is 8.23. The second-order valence-electron chi connectivity index (χ2n) is 11.6. The molecule has 5 rings (SSSR count). The first-order chi connectivity index (χ1) is 22.3. The van der Waals surface area contributed by atoms with Gasteiger partial charge in [0.2, 0.25) is 0 Å². The van der Waals surface area contributed by atoms with Crippen LogP contribution in [-0.2, 0) is 33.8 Å². The van der Waals surface area contributed by atoms with E-state index in [-0.39, 0.29) is 30.5 Å². The van der Waals surface area contributed by atoms with Crippen molar-refractivity contribution in [3.63, 3.8) is 0 Å². The number of carbonyl (C=O) groups excluding carboxylic acids is 2. The van der Waals surface area contributed by atoms with E-state index in [1.54, 1.807) is 11.8 Å². The van der Waals surface area contributed by atoms with Gasteiger partial charge in [0, 0.05) is 34.4 Å². The van der Waals surface area contributed by atoms with Crippen LogP contribution in [0.5, 0.6) is 0 Å². The lowest BCUT2D eigenvalue weighted by atomic mass is 9.91. The molecule has 4 aromatic carbocycles. The fraction of sp³-hybridized carbons (Fsp3) is 0.297. The van der Waals surface area contributed by atoms with Gasteiger partial charge in [0.05, 0.1) is 24.9 Å². The van der Waals surface area contributed by atoms with Gasteiger partial charge in [-0.15, -0.1) is 11.8 Å². The molecular weight excluding hydrogens is 598 g/mol. The van der Waals surface area contributed by atoms with E-state index in [0.29, 0.717) is 18.7 Å². The number of hydrogen-bond donors (Lipinski definition) is 4. The number of anilines is 1. The SMILES string of the molecule is CC(=O)C(Cc1ccccc1)NC(=O)NCc1ccc(C2OC(CSc3ccccc3N)C(C)C(c3ccc(CO)cc3)O2)cc1. The highest BCUT2D eigenvalue weighted by molar-refractivity contribution is 7.99. The lowest BCUT2D eigenvalue weighted by molar-refractivity contribution is -0.268. The van der Waals surface area contributed by atoms with Gasteiger partial charge in [-0.3, -0.25) is 4.79 Å². The number of hydrogen-bond acceptors (Lipinski definition) is 7. The molecule has 1 heterocycles. The second kappa shape index (κ2) is 15.9. The quantitative estimate of drug-likeness (QED) is 0.105. The number of nitrogens with two attached hydrogens (primary N) is 1. The zero-order chi connectivity index (χ0) is 32.5. The van der Waals surface area contributed by atoms with E-state index in [1.165, 1.54) is 6.92 Å². The Morgan fingerprint density at radius 2 is 1.50 bits per heavy atom. The van der Waals surface area contributed by atoms with Crippen molar-refractivity contribution in [2.24, 2.45) is 5.92 Å². The van der Waals surface area contributed by atoms with E-state index in [9.17, 15) is 14.7 Å². The maximum atomic E-state index is 12.7. The van der Waals surface area contributed by atoms with Gasteiger partial charge in [0.25, 0.3) is 0 Å². The molecule has 0 aromatic heterocycles. The molecule has 1 aliphatic heterocycles. The summed E-state index contributed by atoms with van der Waals surface area (Å²) >= 11 is 1.67. The summed E-state index contributed by atoms with van der Waals surface area (Å²) in [5, 5.41) is 15.2. The number of thioether (sulfide) groups is 1. The monoisotopic (exact) mass is 639 g/mol. The Hall–Kier alpha value is -4.15. The number of carbonyl (C=O) groups is 2. The van der Waals surface area contributed by atoms with Gasteiger partial charge < -0.3 is 30.9 Å². The maximum Gasteiger partial charge on any atom is 0.315 e. The largest absolute Gasteiger partial charge is 0.398 e. The molecular formula is C37H41N3O5S. The van der Waals surface area contributed by atoms with Crippen LogP contribution in [0.25, 0.3) is 0 Å². The summed E-state index contributed by atoms with van der Waals surface area (Å²) in [6.45, 7) is 3.90. The highest BCUT2D eigenvalue weighted by atomic mass is 32.2. The van der Waals surface area contributed by atoms with Crippen LogP contribution in [0.2, 0.25) is 0 Å². The number of amides is 2. The van der Waals surface area contributed by atoms with Gasteiger partial charge in [-0.2, -0.15) is 0 Å². The van der Waals surface area contributed by atoms with E-state index in [4.69, 9.17) is 15.2 Å². The summed E-state index contributed by atoms with van der Waals surface area (Å²) < 4.78 is 13.1. The van der Waals surface area contributed by atoms with Gasteiger partial charge in [-0.1, -0.05) is 97.9 Å². The molecule has 0 aliphatic carbocycles. The minimum Gasteiger partial charge on any atom is -0.398 e. The number of benzene rings is 4. The highest BCUT2D eigenvalue weighted by Crippen LogP contribution is 2.43. The van der Waals surface area contributed by atoms with E-state index in [1.807, 2.05) is 103 Å². The zero-order valence-electron chi connectivity index (χ0n) is 26.1. The maximum absolute atomic E-state index is 12.7.